The van der Waals surface area contributed by atoms with Crippen molar-refractivity contribution in [2.75, 3.05) is 5.75 Å². The standard InChI is InChI=1S/C15H24N2O2S/c1-3-13(4-2)17-8-5-12(16-17)10-20-11-15(6-7-15)9-14(18)19/h5,8,13H,3-4,6-7,9-11H2,1-2H3,(H,18,19). The molecule has 0 amide bonds. The Labute approximate surface area is 124 Å². The molecular weight excluding hydrogens is 272 g/mol. The molecule has 0 atom stereocenters. The summed E-state index contributed by atoms with van der Waals surface area (Å²) >= 11 is 1.82. The van der Waals surface area contributed by atoms with Crippen LogP contribution >= 0.6 is 11.8 Å². The fourth-order valence-corrected chi connectivity index (χ4v) is 3.85. The Morgan fingerprint density at radius 2 is 2.20 bits per heavy atom. The van der Waals surface area contributed by atoms with Crippen molar-refractivity contribution in [3.63, 3.8) is 0 Å². The fourth-order valence-electron chi connectivity index (χ4n) is 2.56. The van der Waals surface area contributed by atoms with Crippen molar-refractivity contribution >= 4 is 17.7 Å². The molecule has 1 saturated carbocycles. The van der Waals surface area contributed by atoms with E-state index < -0.39 is 5.97 Å². The third kappa shape index (κ3) is 4.01. The summed E-state index contributed by atoms with van der Waals surface area (Å²) in [6.45, 7) is 4.38. The van der Waals surface area contributed by atoms with Gasteiger partial charge in [-0.1, -0.05) is 13.8 Å². The van der Waals surface area contributed by atoms with E-state index in [0.717, 1.165) is 42.9 Å². The Bertz CT molecular complexity index is 450. The number of rotatable bonds is 9. The summed E-state index contributed by atoms with van der Waals surface area (Å²) in [5.74, 6) is 1.16. The first-order valence-corrected chi connectivity index (χ1v) is 8.57. The van der Waals surface area contributed by atoms with E-state index >= 15 is 0 Å². The smallest absolute Gasteiger partial charge is 0.303 e. The summed E-state index contributed by atoms with van der Waals surface area (Å²) in [5, 5.41) is 13.5. The van der Waals surface area contributed by atoms with Crippen molar-refractivity contribution in [3.05, 3.63) is 18.0 Å². The minimum atomic E-state index is -0.666. The monoisotopic (exact) mass is 296 g/mol. The Morgan fingerprint density at radius 3 is 2.75 bits per heavy atom. The summed E-state index contributed by atoms with van der Waals surface area (Å²) in [7, 11) is 0. The zero-order chi connectivity index (χ0) is 14.6. The highest BCUT2D eigenvalue weighted by Crippen LogP contribution is 2.51. The summed E-state index contributed by atoms with van der Waals surface area (Å²) in [6, 6.07) is 2.58. The van der Waals surface area contributed by atoms with Crippen LogP contribution in [0, 0.1) is 5.41 Å². The van der Waals surface area contributed by atoms with E-state index in [4.69, 9.17) is 5.11 Å². The highest BCUT2D eigenvalue weighted by atomic mass is 32.2. The molecular formula is C15H24N2O2S. The van der Waals surface area contributed by atoms with E-state index in [1.807, 2.05) is 11.8 Å². The molecule has 0 aromatic carbocycles. The minimum Gasteiger partial charge on any atom is -0.481 e. The molecule has 1 aliphatic rings. The summed E-state index contributed by atoms with van der Waals surface area (Å²) < 4.78 is 2.07. The van der Waals surface area contributed by atoms with Gasteiger partial charge in [0.2, 0.25) is 0 Å². The van der Waals surface area contributed by atoms with Crippen molar-refractivity contribution in [2.45, 2.75) is 57.7 Å². The topological polar surface area (TPSA) is 55.1 Å². The van der Waals surface area contributed by atoms with Gasteiger partial charge in [-0.3, -0.25) is 9.48 Å². The zero-order valence-corrected chi connectivity index (χ0v) is 13.2. The molecule has 1 heterocycles. The number of nitrogens with zero attached hydrogens (tertiary/aromatic N) is 2. The van der Waals surface area contributed by atoms with Gasteiger partial charge in [0.25, 0.3) is 0 Å². The van der Waals surface area contributed by atoms with Crippen LogP contribution in [0.3, 0.4) is 0 Å². The summed E-state index contributed by atoms with van der Waals surface area (Å²) in [5.41, 5.74) is 1.18. The lowest BCUT2D eigenvalue weighted by Crippen LogP contribution is -2.11. The summed E-state index contributed by atoms with van der Waals surface area (Å²) in [4.78, 5) is 10.8. The maximum absolute atomic E-state index is 10.8. The number of aliphatic carboxylic acids is 1. The van der Waals surface area contributed by atoms with Gasteiger partial charge in [-0.25, -0.2) is 0 Å². The maximum Gasteiger partial charge on any atom is 0.303 e. The van der Waals surface area contributed by atoms with Gasteiger partial charge in [0.15, 0.2) is 0 Å². The van der Waals surface area contributed by atoms with E-state index in [2.05, 4.69) is 35.9 Å². The van der Waals surface area contributed by atoms with Crippen LogP contribution in [0.25, 0.3) is 0 Å². The van der Waals surface area contributed by atoms with Gasteiger partial charge < -0.3 is 5.11 Å². The first-order valence-electron chi connectivity index (χ1n) is 7.42. The lowest BCUT2D eigenvalue weighted by molar-refractivity contribution is -0.138. The van der Waals surface area contributed by atoms with Gasteiger partial charge in [0.1, 0.15) is 0 Å². The van der Waals surface area contributed by atoms with Crippen LogP contribution in [0.15, 0.2) is 12.3 Å². The maximum atomic E-state index is 10.8. The van der Waals surface area contributed by atoms with Crippen LogP contribution in [0.4, 0.5) is 0 Å². The van der Waals surface area contributed by atoms with Crippen LogP contribution < -0.4 is 0 Å². The molecule has 0 unspecified atom stereocenters. The Balaban J connectivity index is 1.79. The van der Waals surface area contributed by atoms with Gasteiger partial charge in [-0.2, -0.15) is 16.9 Å². The number of thioether (sulfide) groups is 1. The van der Waals surface area contributed by atoms with Gasteiger partial charge in [-0.05, 0) is 42.9 Å². The largest absolute Gasteiger partial charge is 0.481 e. The molecule has 4 nitrogen and oxygen atoms in total. The number of aromatic nitrogens is 2. The predicted octanol–water partition coefficient (Wildman–Crippen LogP) is 3.73. The predicted molar refractivity (Wildman–Crippen MR) is 81.9 cm³/mol. The molecule has 0 bridgehead atoms. The first kappa shape index (κ1) is 15.4. The number of carboxylic acid groups (broad SMARTS) is 1. The third-order valence-corrected chi connectivity index (χ3v) is 5.44. The summed E-state index contributed by atoms with van der Waals surface area (Å²) in [6.07, 6.45) is 6.72. The molecule has 0 radical (unpaired) electrons. The molecule has 20 heavy (non-hydrogen) atoms. The molecule has 1 fully saturated rings. The molecule has 1 N–H and O–H groups in total. The second-order valence-corrected chi connectivity index (χ2v) is 6.81. The van der Waals surface area contributed by atoms with Crippen LogP contribution in [-0.4, -0.2) is 26.6 Å². The van der Waals surface area contributed by atoms with Crippen molar-refractivity contribution in [2.24, 2.45) is 5.41 Å². The molecule has 0 spiro atoms. The Morgan fingerprint density at radius 1 is 1.50 bits per heavy atom. The highest BCUT2D eigenvalue weighted by molar-refractivity contribution is 7.98. The number of carbonyl (C=O) groups is 1. The number of hydrogen-bond acceptors (Lipinski definition) is 3. The van der Waals surface area contributed by atoms with Gasteiger partial charge in [0.05, 0.1) is 18.2 Å². The first-order chi connectivity index (χ1) is 9.58. The number of hydrogen-bond donors (Lipinski definition) is 1. The lowest BCUT2D eigenvalue weighted by Gasteiger charge is -2.13. The van der Waals surface area contributed by atoms with E-state index in [9.17, 15) is 4.79 Å². The zero-order valence-electron chi connectivity index (χ0n) is 12.3. The third-order valence-electron chi connectivity index (χ3n) is 4.12. The molecule has 1 aliphatic carbocycles. The van der Waals surface area contributed by atoms with Gasteiger partial charge >= 0.3 is 5.97 Å². The quantitative estimate of drug-likeness (QED) is 0.754. The molecule has 5 heteroatoms. The average Bonchev–Trinajstić information content (AvgIpc) is 2.98. The van der Waals surface area contributed by atoms with Crippen molar-refractivity contribution < 1.29 is 9.90 Å². The van der Waals surface area contributed by atoms with E-state index in [1.54, 1.807) is 0 Å². The van der Waals surface area contributed by atoms with Crippen molar-refractivity contribution in [1.29, 1.82) is 0 Å². The van der Waals surface area contributed by atoms with Crippen LogP contribution in [0.5, 0.6) is 0 Å². The van der Waals surface area contributed by atoms with Crippen LogP contribution in [-0.2, 0) is 10.5 Å². The fraction of sp³-hybridized carbons (Fsp3) is 0.733. The van der Waals surface area contributed by atoms with Gasteiger partial charge in [0, 0.05) is 11.9 Å². The Kier molecular flexibility index (Phi) is 5.13. The average molecular weight is 296 g/mol. The van der Waals surface area contributed by atoms with Crippen LogP contribution in [0.2, 0.25) is 0 Å². The molecule has 2 rings (SSSR count). The lowest BCUT2D eigenvalue weighted by atomic mass is 10.1. The molecule has 112 valence electrons. The highest BCUT2D eigenvalue weighted by Gasteiger charge is 2.44. The second-order valence-electron chi connectivity index (χ2n) is 5.82. The SMILES string of the molecule is CCC(CC)n1ccc(CSCC2(CC(=O)O)CC2)n1. The minimum absolute atomic E-state index is 0.0778. The van der Waals surface area contributed by atoms with Crippen molar-refractivity contribution in [1.82, 2.24) is 9.78 Å². The normalized spacial score (nSPS) is 16.6. The molecule has 1 aromatic heterocycles. The molecule has 0 saturated heterocycles. The van der Waals surface area contributed by atoms with Crippen molar-refractivity contribution in [3.8, 4) is 0 Å². The Hall–Kier alpha value is -0.970. The van der Waals surface area contributed by atoms with Gasteiger partial charge in [-0.15, -0.1) is 0 Å². The second kappa shape index (κ2) is 6.66. The van der Waals surface area contributed by atoms with E-state index in [0.29, 0.717) is 12.5 Å². The molecule has 1 aromatic rings. The number of carboxylic acids is 1. The van der Waals surface area contributed by atoms with E-state index in [1.165, 1.54) is 0 Å². The molecule has 0 aliphatic heterocycles. The van der Waals surface area contributed by atoms with E-state index in [-0.39, 0.29) is 5.41 Å². The van der Waals surface area contributed by atoms with Crippen LogP contribution in [0.1, 0.15) is 57.7 Å².